The molecule has 0 aliphatic carbocycles. The fourth-order valence-corrected chi connectivity index (χ4v) is 3.29. The molecule has 0 radical (unpaired) electrons. The van der Waals surface area contributed by atoms with Gasteiger partial charge in [0.25, 0.3) is 0 Å². The molecule has 0 fully saturated rings. The van der Waals surface area contributed by atoms with E-state index in [9.17, 15) is 9.90 Å². The second-order valence-corrected chi connectivity index (χ2v) is 6.36. The molecule has 0 saturated carbocycles. The van der Waals surface area contributed by atoms with Crippen molar-refractivity contribution in [3.05, 3.63) is 51.4 Å². The molecule has 6 heteroatoms. The summed E-state index contributed by atoms with van der Waals surface area (Å²) >= 11 is 4.86. The molecule has 1 aromatic carbocycles. The summed E-state index contributed by atoms with van der Waals surface area (Å²) in [5.41, 5.74) is 1.62. The molecule has 21 heavy (non-hydrogen) atoms. The zero-order valence-electron chi connectivity index (χ0n) is 11.0. The van der Waals surface area contributed by atoms with Gasteiger partial charge in [-0.25, -0.2) is 9.78 Å². The maximum Gasteiger partial charge on any atom is 0.358 e. The van der Waals surface area contributed by atoms with Crippen molar-refractivity contribution in [3.8, 4) is 22.1 Å². The third-order valence-corrected chi connectivity index (χ3v) is 4.18. The van der Waals surface area contributed by atoms with Crippen LogP contribution in [0.2, 0.25) is 0 Å². The van der Waals surface area contributed by atoms with Gasteiger partial charge in [0.05, 0.1) is 4.88 Å². The van der Waals surface area contributed by atoms with Crippen LogP contribution in [0, 0.1) is 6.92 Å². The molecule has 0 spiro atoms. The van der Waals surface area contributed by atoms with Crippen LogP contribution in [0.4, 0.5) is 0 Å². The third kappa shape index (κ3) is 2.77. The minimum Gasteiger partial charge on any atom is -0.476 e. The second kappa shape index (κ2) is 5.46. The van der Waals surface area contributed by atoms with Crippen LogP contribution in [-0.2, 0) is 0 Å². The Morgan fingerprint density at radius 2 is 2.19 bits per heavy atom. The molecule has 0 unspecified atom stereocenters. The van der Waals surface area contributed by atoms with Gasteiger partial charge in [0, 0.05) is 10.0 Å². The van der Waals surface area contributed by atoms with Gasteiger partial charge in [-0.15, -0.1) is 11.3 Å². The number of benzene rings is 1. The standard InChI is InChI=1S/C15H10BrNO3S/c1-8-5-9(7-10(16)6-8)13-12(15(18)19)17-14(20-13)11-3-2-4-21-11/h2-7H,1H3,(H,18,19). The summed E-state index contributed by atoms with van der Waals surface area (Å²) in [6.45, 7) is 1.94. The van der Waals surface area contributed by atoms with Crippen LogP contribution in [0.3, 0.4) is 0 Å². The van der Waals surface area contributed by atoms with Crippen molar-refractivity contribution in [3.63, 3.8) is 0 Å². The number of nitrogens with zero attached hydrogens (tertiary/aromatic N) is 1. The monoisotopic (exact) mass is 363 g/mol. The predicted octanol–water partition coefficient (Wildman–Crippen LogP) is 4.84. The van der Waals surface area contributed by atoms with Gasteiger partial charge >= 0.3 is 5.97 Å². The van der Waals surface area contributed by atoms with Crippen molar-refractivity contribution >= 4 is 33.2 Å². The highest BCUT2D eigenvalue weighted by Crippen LogP contribution is 2.33. The lowest BCUT2D eigenvalue weighted by Crippen LogP contribution is -1.99. The highest BCUT2D eigenvalue weighted by atomic mass is 79.9. The molecule has 3 rings (SSSR count). The van der Waals surface area contributed by atoms with Crippen LogP contribution in [-0.4, -0.2) is 16.1 Å². The number of rotatable bonds is 3. The zero-order valence-corrected chi connectivity index (χ0v) is 13.4. The molecule has 0 atom stereocenters. The van der Waals surface area contributed by atoms with Gasteiger partial charge in [0.15, 0.2) is 11.5 Å². The Morgan fingerprint density at radius 1 is 1.38 bits per heavy atom. The lowest BCUT2D eigenvalue weighted by molar-refractivity contribution is 0.0691. The highest BCUT2D eigenvalue weighted by Gasteiger charge is 2.22. The molecular formula is C15H10BrNO3S. The average molecular weight is 364 g/mol. The number of thiophene rings is 1. The Kier molecular flexibility index (Phi) is 3.65. The molecular weight excluding hydrogens is 354 g/mol. The molecule has 0 amide bonds. The average Bonchev–Trinajstić information content (AvgIpc) is 3.06. The molecule has 4 nitrogen and oxygen atoms in total. The van der Waals surface area contributed by atoms with Gasteiger partial charge in [0.2, 0.25) is 5.89 Å². The number of hydrogen-bond acceptors (Lipinski definition) is 4. The Hall–Kier alpha value is -1.92. The number of hydrogen-bond donors (Lipinski definition) is 1. The smallest absolute Gasteiger partial charge is 0.358 e. The number of carbonyl (C=O) groups is 1. The molecule has 0 saturated heterocycles. The van der Waals surface area contributed by atoms with E-state index in [2.05, 4.69) is 20.9 Å². The first-order valence-corrected chi connectivity index (χ1v) is 7.77. The number of oxazole rings is 1. The molecule has 0 bridgehead atoms. The van der Waals surface area contributed by atoms with E-state index in [-0.39, 0.29) is 11.5 Å². The second-order valence-electron chi connectivity index (χ2n) is 4.50. The van der Waals surface area contributed by atoms with E-state index in [4.69, 9.17) is 4.42 Å². The van der Waals surface area contributed by atoms with Crippen LogP contribution < -0.4 is 0 Å². The SMILES string of the molecule is Cc1cc(Br)cc(-c2oc(-c3cccs3)nc2C(=O)O)c1. The number of aromatic carboxylic acids is 1. The first kappa shape index (κ1) is 14.0. The van der Waals surface area contributed by atoms with Crippen LogP contribution in [0.5, 0.6) is 0 Å². The quantitative estimate of drug-likeness (QED) is 0.722. The minimum atomic E-state index is -1.10. The third-order valence-electron chi connectivity index (χ3n) is 2.87. The van der Waals surface area contributed by atoms with Crippen LogP contribution in [0.1, 0.15) is 16.1 Å². The number of carboxylic acids is 1. The Labute approximate surface area is 133 Å². The normalized spacial score (nSPS) is 10.8. The highest BCUT2D eigenvalue weighted by molar-refractivity contribution is 9.10. The summed E-state index contributed by atoms with van der Waals surface area (Å²) < 4.78 is 6.58. The van der Waals surface area contributed by atoms with Gasteiger partial charge in [-0.1, -0.05) is 22.0 Å². The molecule has 2 aromatic heterocycles. The van der Waals surface area contributed by atoms with Crippen molar-refractivity contribution in [2.24, 2.45) is 0 Å². The lowest BCUT2D eigenvalue weighted by atomic mass is 10.1. The van der Waals surface area contributed by atoms with Crippen molar-refractivity contribution in [2.75, 3.05) is 0 Å². The topological polar surface area (TPSA) is 63.3 Å². The van der Waals surface area contributed by atoms with Gasteiger partial charge in [0.1, 0.15) is 0 Å². The molecule has 0 aliphatic rings. The summed E-state index contributed by atoms with van der Waals surface area (Å²) in [7, 11) is 0. The van der Waals surface area contributed by atoms with Crippen LogP contribution >= 0.6 is 27.3 Å². The van der Waals surface area contributed by atoms with E-state index in [1.807, 2.05) is 42.6 Å². The summed E-state index contributed by atoms with van der Waals surface area (Å²) in [6.07, 6.45) is 0. The number of carboxylic acid groups (broad SMARTS) is 1. The zero-order chi connectivity index (χ0) is 15.0. The molecule has 3 aromatic rings. The first-order valence-electron chi connectivity index (χ1n) is 6.10. The van der Waals surface area contributed by atoms with E-state index in [1.54, 1.807) is 0 Å². The minimum absolute atomic E-state index is 0.0732. The summed E-state index contributed by atoms with van der Waals surface area (Å²) in [5.74, 6) is -0.500. The largest absolute Gasteiger partial charge is 0.476 e. The van der Waals surface area contributed by atoms with Gasteiger partial charge in [-0.05, 0) is 42.1 Å². The van der Waals surface area contributed by atoms with Crippen molar-refractivity contribution in [1.82, 2.24) is 4.98 Å². The van der Waals surface area contributed by atoms with E-state index in [0.717, 1.165) is 14.9 Å². The Balaban J connectivity index is 2.19. The molecule has 2 heterocycles. The first-order chi connectivity index (χ1) is 10.0. The van der Waals surface area contributed by atoms with Crippen molar-refractivity contribution in [1.29, 1.82) is 0 Å². The van der Waals surface area contributed by atoms with Gasteiger partial charge < -0.3 is 9.52 Å². The summed E-state index contributed by atoms with van der Waals surface area (Å²) in [4.78, 5) is 16.3. The maximum atomic E-state index is 11.4. The van der Waals surface area contributed by atoms with Crippen LogP contribution in [0.15, 0.2) is 44.6 Å². The summed E-state index contributed by atoms with van der Waals surface area (Å²) in [5, 5.41) is 11.2. The predicted molar refractivity (Wildman–Crippen MR) is 84.6 cm³/mol. The van der Waals surface area contributed by atoms with E-state index in [0.29, 0.717) is 11.5 Å². The number of aromatic nitrogens is 1. The lowest BCUT2D eigenvalue weighted by Gasteiger charge is -2.01. The molecule has 106 valence electrons. The Bertz CT molecular complexity index is 788. The van der Waals surface area contributed by atoms with E-state index < -0.39 is 5.97 Å². The fourth-order valence-electron chi connectivity index (χ4n) is 2.03. The fraction of sp³-hybridized carbons (Fsp3) is 0.0667. The maximum absolute atomic E-state index is 11.4. The van der Waals surface area contributed by atoms with Crippen molar-refractivity contribution in [2.45, 2.75) is 6.92 Å². The molecule has 1 N–H and O–H groups in total. The number of aryl methyl sites for hydroxylation is 1. The Morgan fingerprint density at radius 3 is 2.81 bits per heavy atom. The summed E-state index contributed by atoms with van der Waals surface area (Å²) in [6, 6.07) is 9.35. The van der Waals surface area contributed by atoms with Crippen LogP contribution in [0.25, 0.3) is 22.1 Å². The van der Waals surface area contributed by atoms with E-state index >= 15 is 0 Å². The van der Waals surface area contributed by atoms with Crippen molar-refractivity contribution < 1.29 is 14.3 Å². The van der Waals surface area contributed by atoms with Gasteiger partial charge in [-0.3, -0.25) is 0 Å². The van der Waals surface area contributed by atoms with Gasteiger partial charge in [-0.2, -0.15) is 0 Å². The number of halogens is 1. The molecule has 0 aliphatic heterocycles. The van der Waals surface area contributed by atoms with E-state index in [1.165, 1.54) is 11.3 Å².